The minimum atomic E-state index is -0.166. The molecule has 1 N–H and O–H groups in total. The fraction of sp³-hybridized carbons (Fsp3) is 0.571. The van der Waals surface area contributed by atoms with E-state index in [1.165, 1.54) is 25.3 Å². The molecule has 0 aromatic heterocycles. The van der Waals surface area contributed by atoms with Gasteiger partial charge in [-0.1, -0.05) is 19.8 Å². The summed E-state index contributed by atoms with van der Waals surface area (Å²) in [4.78, 5) is 2.21. The van der Waals surface area contributed by atoms with E-state index in [1.807, 2.05) is 13.1 Å². The van der Waals surface area contributed by atoms with E-state index >= 15 is 0 Å². The fourth-order valence-corrected chi connectivity index (χ4v) is 1.98. The smallest absolute Gasteiger partial charge is 0.123 e. The van der Waals surface area contributed by atoms with Gasteiger partial charge in [0, 0.05) is 25.8 Å². The van der Waals surface area contributed by atoms with Crippen LogP contribution < -0.4 is 10.2 Å². The number of hydrogen-bond donors (Lipinski definition) is 1. The minimum absolute atomic E-state index is 0.166. The molecular formula is C14H23FN2. The molecule has 1 aromatic carbocycles. The summed E-state index contributed by atoms with van der Waals surface area (Å²) >= 11 is 0. The Kier molecular flexibility index (Phi) is 5.98. The lowest BCUT2D eigenvalue weighted by Crippen LogP contribution is -2.21. The van der Waals surface area contributed by atoms with Crippen molar-refractivity contribution in [1.29, 1.82) is 0 Å². The lowest BCUT2D eigenvalue weighted by molar-refractivity contribution is 0.623. The molecule has 0 aliphatic heterocycles. The second kappa shape index (κ2) is 7.28. The molecule has 3 heteroatoms. The van der Waals surface area contributed by atoms with E-state index in [2.05, 4.69) is 24.2 Å². The highest BCUT2D eigenvalue weighted by atomic mass is 19.1. The van der Waals surface area contributed by atoms with Crippen LogP contribution in [0.15, 0.2) is 18.2 Å². The van der Waals surface area contributed by atoms with Crippen LogP contribution in [0.5, 0.6) is 0 Å². The van der Waals surface area contributed by atoms with Crippen LogP contribution >= 0.6 is 0 Å². The van der Waals surface area contributed by atoms with Crippen LogP contribution in [0.2, 0.25) is 0 Å². The van der Waals surface area contributed by atoms with Gasteiger partial charge in [-0.05, 0) is 37.2 Å². The molecule has 17 heavy (non-hydrogen) atoms. The summed E-state index contributed by atoms with van der Waals surface area (Å²) in [7, 11) is 3.95. The number of hydrogen-bond acceptors (Lipinski definition) is 2. The minimum Gasteiger partial charge on any atom is -0.374 e. The number of rotatable bonds is 7. The van der Waals surface area contributed by atoms with Crippen molar-refractivity contribution in [3.8, 4) is 0 Å². The molecule has 1 rings (SSSR count). The molecule has 0 unspecified atom stereocenters. The van der Waals surface area contributed by atoms with Gasteiger partial charge < -0.3 is 10.2 Å². The van der Waals surface area contributed by atoms with Crippen molar-refractivity contribution in [2.24, 2.45) is 0 Å². The summed E-state index contributed by atoms with van der Waals surface area (Å²) in [6, 6.07) is 5.01. The molecule has 2 nitrogen and oxygen atoms in total. The van der Waals surface area contributed by atoms with Gasteiger partial charge in [0.15, 0.2) is 0 Å². The van der Waals surface area contributed by atoms with Crippen molar-refractivity contribution in [2.45, 2.75) is 32.7 Å². The van der Waals surface area contributed by atoms with Crippen LogP contribution in [0.4, 0.5) is 10.1 Å². The first-order valence-electron chi connectivity index (χ1n) is 6.33. The zero-order valence-electron chi connectivity index (χ0n) is 11.1. The first-order chi connectivity index (χ1) is 8.19. The molecule has 0 radical (unpaired) electrons. The summed E-state index contributed by atoms with van der Waals surface area (Å²) in [5.74, 6) is -0.166. The Bertz CT molecular complexity index is 339. The molecule has 0 atom stereocenters. The standard InChI is InChI=1S/C14H23FN2/c1-4-5-6-9-17(3)14-8-7-13(15)10-12(14)11-16-2/h7-8,10,16H,4-6,9,11H2,1-3H3. The summed E-state index contributed by atoms with van der Waals surface area (Å²) in [5, 5.41) is 3.08. The van der Waals surface area contributed by atoms with Crippen molar-refractivity contribution in [2.75, 3.05) is 25.5 Å². The third kappa shape index (κ3) is 4.35. The summed E-state index contributed by atoms with van der Waals surface area (Å²) in [5.41, 5.74) is 2.14. The first kappa shape index (κ1) is 14.0. The lowest BCUT2D eigenvalue weighted by atomic mass is 10.1. The van der Waals surface area contributed by atoms with E-state index in [9.17, 15) is 4.39 Å². The Morgan fingerprint density at radius 1 is 1.29 bits per heavy atom. The van der Waals surface area contributed by atoms with Gasteiger partial charge in [0.1, 0.15) is 5.82 Å². The van der Waals surface area contributed by atoms with Gasteiger partial charge >= 0.3 is 0 Å². The number of nitrogens with one attached hydrogen (secondary N) is 1. The predicted molar refractivity (Wildman–Crippen MR) is 72.0 cm³/mol. The maximum atomic E-state index is 13.2. The molecule has 0 saturated heterocycles. The van der Waals surface area contributed by atoms with Gasteiger partial charge in [-0.2, -0.15) is 0 Å². The predicted octanol–water partition coefficient (Wildman–Crippen LogP) is 3.17. The lowest BCUT2D eigenvalue weighted by Gasteiger charge is -2.22. The van der Waals surface area contributed by atoms with Crippen molar-refractivity contribution >= 4 is 5.69 Å². The SMILES string of the molecule is CCCCCN(C)c1ccc(F)cc1CNC. The zero-order chi connectivity index (χ0) is 12.7. The normalized spacial score (nSPS) is 10.6. The van der Waals surface area contributed by atoms with E-state index in [0.717, 1.165) is 17.8 Å². The molecule has 0 fully saturated rings. The second-order valence-corrected chi connectivity index (χ2v) is 4.43. The highest BCUT2D eigenvalue weighted by molar-refractivity contribution is 5.53. The quantitative estimate of drug-likeness (QED) is 0.734. The van der Waals surface area contributed by atoms with Gasteiger partial charge in [0.05, 0.1) is 0 Å². The first-order valence-corrected chi connectivity index (χ1v) is 6.33. The van der Waals surface area contributed by atoms with Gasteiger partial charge in [0.25, 0.3) is 0 Å². The van der Waals surface area contributed by atoms with Crippen molar-refractivity contribution in [1.82, 2.24) is 5.32 Å². The van der Waals surface area contributed by atoms with Gasteiger partial charge in [-0.15, -0.1) is 0 Å². The molecule has 0 heterocycles. The number of halogens is 1. The number of nitrogens with zero attached hydrogens (tertiary/aromatic N) is 1. The van der Waals surface area contributed by atoms with Crippen molar-refractivity contribution in [3.05, 3.63) is 29.6 Å². The highest BCUT2D eigenvalue weighted by Gasteiger charge is 2.07. The Labute approximate surface area is 104 Å². The van der Waals surface area contributed by atoms with E-state index in [4.69, 9.17) is 0 Å². The molecule has 0 spiro atoms. The Morgan fingerprint density at radius 3 is 2.71 bits per heavy atom. The van der Waals surface area contributed by atoms with E-state index in [1.54, 1.807) is 6.07 Å². The summed E-state index contributed by atoms with van der Waals surface area (Å²) in [6.45, 7) is 3.92. The average molecular weight is 238 g/mol. The van der Waals surface area contributed by atoms with Crippen molar-refractivity contribution < 1.29 is 4.39 Å². The third-order valence-corrected chi connectivity index (χ3v) is 2.92. The monoisotopic (exact) mass is 238 g/mol. The Balaban J connectivity index is 2.73. The van der Waals surface area contributed by atoms with E-state index < -0.39 is 0 Å². The van der Waals surface area contributed by atoms with Crippen LogP contribution in [0.25, 0.3) is 0 Å². The Hall–Kier alpha value is -1.09. The van der Waals surface area contributed by atoms with Crippen LogP contribution in [0.1, 0.15) is 31.7 Å². The van der Waals surface area contributed by atoms with Gasteiger partial charge in [-0.3, -0.25) is 0 Å². The van der Waals surface area contributed by atoms with Gasteiger partial charge in [-0.25, -0.2) is 4.39 Å². The number of unbranched alkanes of at least 4 members (excludes halogenated alkanes) is 2. The average Bonchev–Trinajstić information content (AvgIpc) is 2.30. The highest BCUT2D eigenvalue weighted by Crippen LogP contribution is 2.21. The number of anilines is 1. The molecule has 0 aliphatic rings. The van der Waals surface area contributed by atoms with Gasteiger partial charge in [0.2, 0.25) is 0 Å². The van der Waals surface area contributed by atoms with E-state index in [-0.39, 0.29) is 5.82 Å². The summed E-state index contributed by atoms with van der Waals surface area (Å²) in [6.07, 6.45) is 3.65. The molecule has 96 valence electrons. The zero-order valence-corrected chi connectivity index (χ0v) is 11.1. The molecular weight excluding hydrogens is 215 g/mol. The molecule has 0 bridgehead atoms. The Morgan fingerprint density at radius 2 is 2.06 bits per heavy atom. The molecule has 0 aliphatic carbocycles. The summed E-state index contributed by atoms with van der Waals surface area (Å²) < 4.78 is 13.2. The molecule has 0 amide bonds. The fourth-order valence-electron chi connectivity index (χ4n) is 1.98. The molecule has 1 aromatic rings. The number of benzene rings is 1. The largest absolute Gasteiger partial charge is 0.374 e. The van der Waals surface area contributed by atoms with E-state index in [0.29, 0.717) is 6.54 Å². The van der Waals surface area contributed by atoms with Crippen LogP contribution in [-0.2, 0) is 6.54 Å². The second-order valence-electron chi connectivity index (χ2n) is 4.43. The third-order valence-electron chi connectivity index (χ3n) is 2.92. The van der Waals surface area contributed by atoms with Crippen molar-refractivity contribution in [3.63, 3.8) is 0 Å². The van der Waals surface area contributed by atoms with Crippen LogP contribution in [-0.4, -0.2) is 20.6 Å². The molecule has 0 saturated carbocycles. The maximum Gasteiger partial charge on any atom is 0.123 e. The van der Waals surface area contributed by atoms with Crippen LogP contribution in [0.3, 0.4) is 0 Å². The maximum absolute atomic E-state index is 13.2. The topological polar surface area (TPSA) is 15.3 Å². The van der Waals surface area contributed by atoms with Crippen LogP contribution in [0, 0.1) is 5.82 Å².